The van der Waals surface area contributed by atoms with Crippen molar-refractivity contribution in [2.75, 3.05) is 13.7 Å². The van der Waals surface area contributed by atoms with Crippen molar-refractivity contribution in [2.45, 2.75) is 13.2 Å². The maximum absolute atomic E-state index is 10.7. The van der Waals surface area contributed by atoms with E-state index in [1.54, 1.807) is 24.3 Å². The number of hydrogen-bond donors (Lipinski definition) is 2. The van der Waals surface area contributed by atoms with Gasteiger partial charge in [-0.15, -0.1) is 0 Å². The third kappa shape index (κ3) is 5.25. The zero-order chi connectivity index (χ0) is 18.4. The number of carbonyl (C=O) groups is 1. The molecule has 0 aromatic heterocycles. The summed E-state index contributed by atoms with van der Waals surface area (Å²) in [4.78, 5) is 10.7. The second kappa shape index (κ2) is 9.29. The zero-order valence-corrected chi connectivity index (χ0v) is 16.4. The molecule has 0 bridgehead atoms. The van der Waals surface area contributed by atoms with E-state index in [2.05, 4.69) is 21.2 Å². The van der Waals surface area contributed by atoms with Gasteiger partial charge < -0.3 is 19.9 Å². The van der Waals surface area contributed by atoms with Crippen LogP contribution in [0.3, 0.4) is 0 Å². The van der Waals surface area contributed by atoms with Gasteiger partial charge in [-0.05, 0) is 24.3 Å². The van der Waals surface area contributed by atoms with Gasteiger partial charge in [0.05, 0.1) is 13.7 Å². The molecule has 25 heavy (non-hydrogen) atoms. The standard InChI is InChI=1S/C17H16BrCl2NO4/c1-24-15-6-5-12(18)10(7-21-8-16(22)23)17(15)25-9-11-13(19)3-2-4-14(11)20/h2-6,21H,7-9H2,1H3,(H,22,23). The molecule has 0 saturated heterocycles. The van der Waals surface area contributed by atoms with Crippen LogP contribution < -0.4 is 14.8 Å². The molecular formula is C17H16BrCl2NO4. The number of nitrogens with one attached hydrogen (secondary N) is 1. The van der Waals surface area contributed by atoms with Gasteiger partial charge in [0.25, 0.3) is 0 Å². The monoisotopic (exact) mass is 447 g/mol. The maximum Gasteiger partial charge on any atom is 0.317 e. The fraction of sp³-hybridized carbons (Fsp3) is 0.235. The van der Waals surface area contributed by atoms with E-state index in [1.165, 1.54) is 7.11 Å². The second-order valence-corrected chi connectivity index (χ2v) is 6.71. The summed E-state index contributed by atoms with van der Waals surface area (Å²) in [5.41, 5.74) is 1.40. The van der Waals surface area contributed by atoms with Crippen molar-refractivity contribution in [1.82, 2.24) is 5.32 Å². The summed E-state index contributed by atoms with van der Waals surface area (Å²) in [6.07, 6.45) is 0. The molecule has 0 atom stereocenters. The Labute approximate surface area is 164 Å². The minimum absolute atomic E-state index is 0.150. The summed E-state index contributed by atoms with van der Waals surface area (Å²) in [5.74, 6) is 0.0774. The topological polar surface area (TPSA) is 67.8 Å². The van der Waals surface area contributed by atoms with Crippen LogP contribution in [0.2, 0.25) is 10.0 Å². The maximum atomic E-state index is 10.7. The van der Waals surface area contributed by atoms with E-state index in [9.17, 15) is 4.79 Å². The van der Waals surface area contributed by atoms with Crippen molar-refractivity contribution in [3.8, 4) is 11.5 Å². The normalized spacial score (nSPS) is 10.6. The van der Waals surface area contributed by atoms with Crippen LogP contribution in [0.25, 0.3) is 0 Å². The number of aliphatic carboxylic acids is 1. The highest BCUT2D eigenvalue weighted by Crippen LogP contribution is 2.37. The molecule has 0 spiro atoms. The molecule has 0 heterocycles. The summed E-state index contributed by atoms with van der Waals surface area (Å²) in [6.45, 7) is 0.270. The van der Waals surface area contributed by atoms with Gasteiger partial charge in [0.1, 0.15) is 6.61 Å². The number of carboxylic acid groups (broad SMARTS) is 1. The molecule has 0 amide bonds. The van der Waals surface area contributed by atoms with Gasteiger partial charge in [0.15, 0.2) is 11.5 Å². The molecule has 0 aliphatic rings. The molecule has 0 unspecified atom stereocenters. The predicted molar refractivity (Wildman–Crippen MR) is 101 cm³/mol. The lowest BCUT2D eigenvalue weighted by molar-refractivity contribution is -0.136. The molecule has 2 rings (SSSR count). The Bertz CT molecular complexity index is 750. The number of carboxylic acids is 1. The smallest absolute Gasteiger partial charge is 0.317 e. The first-order valence-electron chi connectivity index (χ1n) is 7.27. The molecule has 134 valence electrons. The number of halogens is 3. The second-order valence-electron chi connectivity index (χ2n) is 5.04. The van der Waals surface area contributed by atoms with Crippen molar-refractivity contribution in [2.24, 2.45) is 0 Å². The summed E-state index contributed by atoms with van der Waals surface area (Å²) in [6, 6.07) is 8.80. The summed E-state index contributed by atoms with van der Waals surface area (Å²) in [7, 11) is 1.53. The van der Waals surface area contributed by atoms with E-state index in [4.69, 9.17) is 37.8 Å². The fourth-order valence-electron chi connectivity index (χ4n) is 2.18. The van der Waals surface area contributed by atoms with Gasteiger partial charge in [-0.2, -0.15) is 0 Å². The molecule has 0 fully saturated rings. The number of rotatable bonds is 8. The molecule has 2 aromatic rings. The summed E-state index contributed by atoms with van der Waals surface area (Å²) in [5, 5.41) is 12.6. The van der Waals surface area contributed by atoms with Crippen LogP contribution in [0.1, 0.15) is 11.1 Å². The minimum atomic E-state index is -0.940. The van der Waals surface area contributed by atoms with Crippen LogP contribution in [0.15, 0.2) is 34.8 Å². The highest BCUT2D eigenvalue weighted by atomic mass is 79.9. The van der Waals surface area contributed by atoms with E-state index in [0.29, 0.717) is 27.1 Å². The minimum Gasteiger partial charge on any atom is -0.493 e. The molecule has 8 heteroatoms. The Morgan fingerprint density at radius 1 is 1.20 bits per heavy atom. The van der Waals surface area contributed by atoms with E-state index in [0.717, 1.165) is 10.0 Å². The highest BCUT2D eigenvalue weighted by molar-refractivity contribution is 9.10. The average molecular weight is 449 g/mol. The zero-order valence-electron chi connectivity index (χ0n) is 13.3. The van der Waals surface area contributed by atoms with Crippen molar-refractivity contribution < 1.29 is 19.4 Å². The van der Waals surface area contributed by atoms with E-state index >= 15 is 0 Å². The molecule has 0 saturated carbocycles. The van der Waals surface area contributed by atoms with Crippen LogP contribution in [-0.4, -0.2) is 24.7 Å². The lowest BCUT2D eigenvalue weighted by Crippen LogP contribution is -2.22. The molecule has 0 aliphatic heterocycles. The molecule has 0 radical (unpaired) electrons. The van der Waals surface area contributed by atoms with Gasteiger partial charge in [-0.1, -0.05) is 45.2 Å². The Morgan fingerprint density at radius 2 is 1.88 bits per heavy atom. The Balaban J connectivity index is 2.28. The Kier molecular flexibility index (Phi) is 7.38. The van der Waals surface area contributed by atoms with Gasteiger partial charge in [-0.3, -0.25) is 4.79 Å². The quantitative estimate of drug-likeness (QED) is 0.621. The van der Waals surface area contributed by atoms with E-state index < -0.39 is 5.97 Å². The number of ether oxygens (including phenoxy) is 2. The summed E-state index contributed by atoms with van der Waals surface area (Å²) >= 11 is 15.8. The largest absolute Gasteiger partial charge is 0.493 e. The first-order chi connectivity index (χ1) is 11.9. The number of hydrogen-bond acceptors (Lipinski definition) is 4. The lowest BCUT2D eigenvalue weighted by Gasteiger charge is -2.17. The van der Waals surface area contributed by atoms with Crippen molar-refractivity contribution >= 4 is 45.1 Å². The molecular weight excluding hydrogens is 433 g/mol. The van der Waals surface area contributed by atoms with Gasteiger partial charge in [-0.25, -0.2) is 0 Å². The van der Waals surface area contributed by atoms with E-state index in [-0.39, 0.29) is 19.7 Å². The Morgan fingerprint density at radius 3 is 2.48 bits per heavy atom. The van der Waals surface area contributed by atoms with Crippen LogP contribution in [0.4, 0.5) is 0 Å². The predicted octanol–water partition coefficient (Wildman–Crippen LogP) is 4.52. The van der Waals surface area contributed by atoms with E-state index in [1.807, 2.05) is 6.07 Å². The van der Waals surface area contributed by atoms with Crippen molar-refractivity contribution in [1.29, 1.82) is 0 Å². The van der Waals surface area contributed by atoms with Crippen molar-refractivity contribution in [3.63, 3.8) is 0 Å². The lowest BCUT2D eigenvalue weighted by atomic mass is 10.1. The third-order valence-electron chi connectivity index (χ3n) is 3.39. The molecule has 2 aromatic carbocycles. The van der Waals surface area contributed by atoms with Gasteiger partial charge in [0, 0.05) is 32.2 Å². The number of methoxy groups -OCH3 is 1. The average Bonchev–Trinajstić information content (AvgIpc) is 2.56. The fourth-order valence-corrected chi connectivity index (χ4v) is 3.13. The molecule has 0 aliphatic carbocycles. The van der Waals surface area contributed by atoms with Crippen LogP contribution >= 0.6 is 39.1 Å². The van der Waals surface area contributed by atoms with Gasteiger partial charge >= 0.3 is 5.97 Å². The Hall–Kier alpha value is -1.47. The first-order valence-corrected chi connectivity index (χ1v) is 8.82. The van der Waals surface area contributed by atoms with Crippen LogP contribution in [-0.2, 0) is 17.9 Å². The highest BCUT2D eigenvalue weighted by Gasteiger charge is 2.16. The third-order valence-corrected chi connectivity index (χ3v) is 4.84. The van der Waals surface area contributed by atoms with Crippen molar-refractivity contribution in [3.05, 3.63) is 56.0 Å². The van der Waals surface area contributed by atoms with Crippen LogP contribution in [0.5, 0.6) is 11.5 Å². The number of benzene rings is 2. The molecule has 5 nitrogen and oxygen atoms in total. The molecule has 2 N–H and O–H groups in total. The van der Waals surface area contributed by atoms with Gasteiger partial charge in [0.2, 0.25) is 0 Å². The van der Waals surface area contributed by atoms with Crippen LogP contribution in [0, 0.1) is 0 Å². The first kappa shape index (κ1) is 19.8. The SMILES string of the molecule is COc1ccc(Br)c(CNCC(=O)O)c1OCc1c(Cl)cccc1Cl. The summed E-state index contributed by atoms with van der Waals surface area (Å²) < 4.78 is 12.1.